The van der Waals surface area contributed by atoms with Gasteiger partial charge < -0.3 is 9.80 Å². The molecule has 0 N–H and O–H groups in total. The molecule has 0 aliphatic heterocycles. The van der Waals surface area contributed by atoms with Gasteiger partial charge in [0.2, 0.25) is 0 Å². The van der Waals surface area contributed by atoms with Gasteiger partial charge in [0.25, 0.3) is 0 Å². The molecule has 94 heavy (non-hydrogen) atoms. The molecule has 2 nitrogen and oxygen atoms in total. The first-order chi connectivity index (χ1) is 46.6. The van der Waals surface area contributed by atoms with Crippen LogP contribution in [0.15, 0.2) is 388 Å². The highest BCUT2D eigenvalue weighted by atomic mass is 28.3. The van der Waals surface area contributed by atoms with Gasteiger partial charge in [-0.25, -0.2) is 0 Å². The minimum absolute atomic E-state index is 1.10. The highest BCUT2D eigenvalue weighted by Crippen LogP contribution is 2.40. The molecule has 444 valence electrons. The van der Waals surface area contributed by atoms with Gasteiger partial charge >= 0.3 is 0 Å². The molecule has 0 aliphatic rings. The molecule has 0 saturated heterocycles. The zero-order valence-electron chi connectivity index (χ0n) is 52.0. The largest absolute Gasteiger partial charge is 0.310 e. The average molecular weight is 1230 g/mol. The van der Waals surface area contributed by atoms with Crippen LogP contribution < -0.4 is 51.3 Å². The molecule has 0 unspecified atom stereocenters. The van der Waals surface area contributed by atoms with Gasteiger partial charge in [-0.1, -0.05) is 315 Å². The van der Waals surface area contributed by atoms with E-state index in [2.05, 4.69) is 410 Å². The van der Waals surface area contributed by atoms with Crippen molar-refractivity contribution in [2.45, 2.75) is 0 Å². The van der Waals surface area contributed by atoms with Crippen molar-refractivity contribution in [3.05, 3.63) is 399 Å². The molecule has 0 bridgehead atoms. The summed E-state index contributed by atoms with van der Waals surface area (Å²) < 4.78 is 0. The molecule has 16 aromatic rings. The topological polar surface area (TPSA) is 6.48 Å². The van der Waals surface area contributed by atoms with E-state index in [1.54, 1.807) is 0 Å². The van der Waals surface area contributed by atoms with E-state index in [-0.39, 0.29) is 0 Å². The summed E-state index contributed by atoms with van der Waals surface area (Å²) >= 11 is 0. The summed E-state index contributed by atoms with van der Waals surface area (Å²) in [4.78, 5) is 4.83. The predicted molar refractivity (Wildman–Crippen MR) is 408 cm³/mol. The van der Waals surface area contributed by atoms with Crippen LogP contribution >= 0.6 is 0 Å². The van der Waals surface area contributed by atoms with E-state index in [1.807, 2.05) is 0 Å². The lowest BCUT2D eigenvalue weighted by Gasteiger charge is -2.35. The van der Waals surface area contributed by atoms with Crippen molar-refractivity contribution in [1.29, 1.82) is 0 Å². The number of hydrogen-bond donors (Lipinski definition) is 0. The number of rotatable bonds is 16. The fraction of sp³-hybridized carbons (Fsp3) is 0. The van der Waals surface area contributed by atoms with E-state index in [9.17, 15) is 0 Å². The maximum absolute atomic E-state index is 2.72. The third-order valence-corrected chi connectivity index (χ3v) is 28.6. The summed E-state index contributed by atoms with van der Waals surface area (Å²) in [7, 11) is -5.44. The van der Waals surface area contributed by atoms with Crippen LogP contribution in [0, 0.1) is 0 Å². The first-order valence-electron chi connectivity index (χ1n) is 32.4. The third kappa shape index (κ3) is 10.7. The zero-order chi connectivity index (χ0) is 62.7. The van der Waals surface area contributed by atoms with E-state index < -0.39 is 16.1 Å². The van der Waals surface area contributed by atoms with Crippen LogP contribution in [0.1, 0.15) is 11.1 Å². The van der Waals surface area contributed by atoms with Crippen molar-refractivity contribution in [3.8, 4) is 0 Å². The molecule has 4 heteroatoms. The minimum Gasteiger partial charge on any atom is -0.310 e. The summed E-state index contributed by atoms with van der Waals surface area (Å²) in [5, 5.41) is 20.4. The lowest BCUT2D eigenvalue weighted by atomic mass is 10.0. The van der Waals surface area contributed by atoms with E-state index in [0.717, 1.165) is 45.3 Å². The molecule has 16 rings (SSSR count). The van der Waals surface area contributed by atoms with E-state index in [4.69, 9.17) is 0 Å². The standard InChI is InChI=1S/C90H66N2Si2/c1-7-27-83(28-8-1)93(84-29-9-2-10-30-84,85-31-11-3-12-32-85)89-57-53-77(54-58-89)91(79-49-45-69-23-19-21-25-71(69)63-79)81-51-47-73-61-67(41-43-75(73)65-81)39-40-68-42-44-76-66-82(52-48-74(76)62-68)92(80-50-46-70-24-20-22-26-72(70)64-80)78-55-59-90(60-56-78)94(86-33-13-4-14-34-86,87-35-15-5-16-36-87)88-37-17-6-18-38-88/h1-66H/b40-39+. The molecule has 0 heterocycles. The normalized spacial score (nSPS) is 11.8. The highest BCUT2D eigenvalue weighted by molar-refractivity contribution is 7.20. The van der Waals surface area contributed by atoms with Crippen LogP contribution in [0.25, 0.3) is 55.2 Å². The molecular formula is C90H66N2Si2. The van der Waals surface area contributed by atoms with Crippen LogP contribution in [0.5, 0.6) is 0 Å². The Morgan fingerprint density at radius 1 is 0.160 bits per heavy atom. The van der Waals surface area contributed by atoms with Crippen molar-refractivity contribution in [1.82, 2.24) is 0 Å². The first kappa shape index (κ1) is 57.5. The Morgan fingerprint density at radius 3 is 0.649 bits per heavy atom. The van der Waals surface area contributed by atoms with Crippen LogP contribution in [0.4, 0.5) is 34.1 Å². The molecule has 16 aromatic carbocycles. The molecule has 0 atom stereocenters. The van der Waals surface area contributed by atoms with E-state index in [1.165, 1.54) is 84.6 Å². The minimum atomic E-state index is -2.72. The second-order valence-electron chi connectivity index (χ2n) is 24.4. The maximum atomic E-state index is 2.41. The number of benzene rings is 16. The van der Waals surface area contributed by atoms with Crippen molar-refractivity contribution >= 4 is 147 Å². The SMILES string of the molecule is C(=C\c1ccc2cc(N(c3ccc([Si](c4ccccc4)(c4ccccc4)c4ccccc4)cc3)c3ccc4ccccc4c3)ccc2c1)/c1ccc2cc(N(c3ccc([Si](c4ccccc4)(c4ccccc4)c4ccccc4)cc3)c3ccc4ccccc4c3)ccc2c1. The van der Waals surface area contributed by atoms with Gasteiger partial charge in [-0.05, 0) is 181 Å². The summed E-state index contributed by atoms with van der Waals surface area (Å²) in [6.07, 6.45) is 4.48. The van der Waals surface area contributed by atoms with Crippen molar-refractivity contribution in [3.63, 3.8) is 0 Å². The molecule has 0 aliphatic carbocycles. The average Bonchev–Trinajstić information content (AvgIpc) is 0.745. The fourth-order valence-corrected chi connectivity index (χ4v) is 24.0. The molecule has 0 radical (unpaired) electrons. The van der Waals surface area contributed by atoms with Gasteiger partial charge in [0.1, 0.15) is 0 Å². The Morgan fingerprint density at radius 2 is 0.362 bits per heavy atom. The molecular weight excluding hydrogens is 1170 g/mol. The predicted octanol–water partition coefficient (Wildman–Crippen LogP) is 18.2. The quantitative estimate of drug-likeness (QED) is 0.0540. The number of nitrogens with zero attached hydrogens (tertiary/aromatic N) is 2. The van der Waals surface area contributed by atoms with Gasteiger partial charge in [-0.3, -0.25) is 0 Å². The summed E-state index contributed by atoms with van der Waals surface area (Å²) in [6.45, 7) is 0. The monoisotopic (exact) mass is 1230 g/mol. The number of anilines is 6. The van der Waals surface area contributed by atoms with Crippen molar-refractivity contribution < 1.29 is 0 Å². The van der Waals surface area contributed by atoms with E-state index in [0.29, 0.717) is 0 Å². The molecule has 0 aromatic heterocycles. The zero-order valence-corrected chi connectivity index (χ0v) is 54.0. The molecule has 0 fully saturated rings. The first-order valence-corrected chi connectivity index (χ1v) is 36.4. The summed E-state index contributed by atoms with van der Waals surface area (Å²) in [5.74, 6) is 0. The Balaban J connectivity index is 0.714. The summed E-state index contributed by atoms with van der Waals surface area (Å²) in [6, 6.07) is 144. The molecule has 0 spiro atoms. The number of hydrogen-bond acceptors (Lipinski definition) is 2. The van der Waals surface area contributed by atoms with Crippen molar-refractivity contribution in [2.24, 2.45) is 0 Å². The second kappa shape index (κ2) is 25.2. The smallest absolute Gasteiger partial charge is 0.179 e. The Hall–Kier alpha value is -11.7. The van der Waals surface area contributed by atoms with Crippen molar-refractivity contribution in [2.75, 3.05) is 9.80 Å². The lowest BCUT2D eigenvalue weighted by molar-refractivity contribution is 1.30. The Bertz CT molecular complexity index is 4820. The Kier molecular flexibility index (Phi) is 15.4. The fourth-order valence-electron chi connectivity index (χ4n) is 14.6. The van der Waals surface area contributed by atoms with Gasteiger partial charge in [0.15, 0.2) is 16.1 Å². The Labute approximate surface area is 552 Å². The third-order valence-electron chi connectivity index (χ3n) is 19.0. The van der Waals surface area contributed by atoms with Gasteiger partial charge in [-0.15, -0.1) is 0 Å². The maximum Gasteiger partial charge on any atom is 0.179 e. The van der Waals surface area contributed by atoms with E-state index >= 15 is 0 Å². The van der Waals surface area contributed by atoms with Gasteiger partial charge in [-0.2, -0.15) is 0 Å². The van der Waals surface area contributed by atoms with Gasteiger partial charge in [0.05, 0.1) is 0 Å². The summed E-state index contributed by atoms with van der Waals surface area (Å²) in [5.41, 5.74) is 8.91. The highest BCUT2D eigenvalue weighted by Gasteiger charge is 2.43. The lowest BCUT2D eigenvalue weighted by Crippen LogP contribution is -2.74. The van der Waals surface area contributed by atoms with Crippen LogP contribution in [-0.4, -0.2) is 16.1 Å². The van der Waals surface area contributed by atoms with Crippen LogP contribution in [-0.2, 0) is 0 Å². The van der Waals surface area contributed by atoms with Crippen LogP contribution in [0.2, 0.25) is 0 Å². The van der Waals surface area contributed by atoms with Crippen LogP contribution in [0.3, 0.4) is 0 Å². The van der Waals surface area contributed by atoms with Gasteiger partial charge in [0, 0.05) is 34.1 Å². The molecule has 0 saturated carbocycles. The number of fused-ring (bicyclic) bond motifs is 4. The molecule has 0 amide bonds. The second-order valence-corrected chi connectivity index (χ2v) is 32.1.